The van der Waals surface area contributed by atoms with Crippen molar-refractivity contribution >= 4 is 17.5 Å². The van der Waals surface area contributed by atoms with Gasteiger partial charge in [-0.1, -0.05) is 19.4 Å². The Hall–Kier alpha value is -3.02. The zero-order chi connectivity index (χ0) is 19.4. The molecule has 0 radical (unpaired) electrons. The van der Waals surface area contributed by atoms with E-state index in [4.69, 9.17) is 5.73 Å². The van der Waals surface area contributed by atoms with Gasteiger partial charge < -0.3 is 11.1 Å². The Morgan fingerprint density at radius 1 is 1.22 bits per heavy atom. The third-order valence-corrected chi connectivity index (χ3v) is 4.84. The van der Waals surface area contributed by atoms with Gasteiger partial charge >= 0.3 is 0 Å². The standard InChI is InChI=1S/C21H22FN3O2/c1-13(21(23)27)16-5-3-2-4-6-20(26)25-19-12-15(22)7-8-17(19)14-9-10-24-18(16)11-14/h7-12,16H,1-6H2,(H2,23,27)(H,25,26)/t16-/m0/s1. The first-order chi connectivity index (χ1) is 13.0. The Balaban J connectivity index is 2.10. The molecule has 1 atom stereocenters. The molecule has 2 amide bonds. The molecule has 0 unspecified atom stereocenters. The van der Waals surface area contributed by atoms with E-state index < -0.39 is 11.7 Å². The molecule has 3 rings (SSSR count). The summed E-state index contributed by atoms with van der Waals surface area (Å²) in [6.07, 6.45) is 5.02. The molecule has 0 aliphatic carbocycles. The molecule has 1 aliphatic heterocycles. The lowest BCUT2D eigenvalue weighted by atomic mass is 9.88. The largest absolute Gasteiger partial charge is 0.366 e. The summed E-state index contributed by atoms with van der Waals surface area (Å²) in [4.78, 5) is 28.3. The molecular formula is C21H22FN3O2. The summed E-state index contributed by atoms with van der Waals surface area (Å²) in [5, 5.41) is 2.81. The van der Waals surface area contributed by atoms with Crippen molar-refractivity contribution in [3.8, 4) is 11.1 Å². The average Bonchev–Trinajstić information content (AvgIpc) is 2.64. The van der Waals surface area contributed by atoms with Crippen LogP contribution in [0.15, 0.2) is 48.7 Å². The number of amides is 2. The first-order valence-electron chi connectivity index (χ1n) is 9.00. The van der Waals surface area contributed by atoms with E-state index in [9.17, 15) is 14.0 Å². The van der Waals surface area contributed by atoms with Gasteiger partial charge in [0.15, 0.2) is 0 Å². The maximum atomic E-state index is 13.8. The predicted molar refractivity (Wildman–Crippen MR) is 102 cm³/mol. The van der Waals surface area contributed by atoms with Crippen molar-refractivity contribution in [3.63, 3.8) is 0 Å². The van der Waals surface area contributed by atoms with E-state index in [1.807, 2.05) is 6.07 Å². The number of nitrogens with two attached hydrogens (primary N) is 1. The van der Waals surface area contributed by atoms with Gasteiger partial charge in [0.25, 0.3) is 0 Å². The number of rotatable bonds is 2. The number of hydrogen-bond acceptors (Lipinski definition) is 3. The van der Waals surface area contributed by atoms with E-state index in [1.54, 1.807) is 18.3 Å². The normalized spacial score (nSPS) is 17.5. The van der Waals surface area contributed by atoms with Crippen LogP contribution in [-0.4, -0.2) is 16.8 Å². The number of carbonyl (C=O) groups is 2. The Kier molecular flexibility index (Phi) is 5.64. The van der Waals surface area contributed by atoms with Crippen LogP contribution in [0.4, 0.5) is 10.1 Å². The number of aromatic nitrogens is 1. The van der Waals surface area contributed by atoms with E-state index in [2.05, 4.69) is 16.9 Å². The lowest BCUT2D eigenvalue weighted by molar-refractivity contribution is -0.116. The van der Waals surface area contributed by atoms with Crippen LogP contribution in [0.5, 0.6) is 0 Å². The summed E-state index contributed by atoms with van der Waals surface area (Å²) < 4.78 is 13.8. The molecule has 1 aliphatic rings. The number of hydrogen-bond donors (Lipinski definition) is 2. The summed E-state index contributed by atoms with van der Waals surface area (Å²) >= 11 is 0. The molecule has 0 saturated carbocycles. The van der Waals surface area contributed by atoms with Gasteiger partial charge in [-0.15, -0.1) is 0 Å². The number of pyridine rings is 1. The lowest BCUT2D eigenvalue weighted by Crippen LogP contribution is -2.19. The van der Waals surface area contributed by atoms with Gasteiger partial charge in [-0.2, -0.15) is 0 Å². The van der Waals surface area contributed by atoms with E-state index in [0.717, 1.165) is 18.4 Å². The summed E-state index contributed by atoms with van der Waals surface area (Å²) in [5.41, 5.74) is 8.36. The SMILES string of the molecule is C=C(C(N)=O)[C@@H]1CCCCCC(=O)Nc2cc(F)ccc2-c2ccnc1c2. The molecule has 2 bridgehead atoms. The number of fused-ring (bicyclic) bond motifs is 4. The molecule has 27 heavy (non-hydrogen) atoms. The number of nitrogens with one attached hydrogen (secondary N) is 1. The minimum Gasteiger partial charge on any atom is -0.366 e. The summed E-state index contributed by atoms with van der Waals surface area (Å²) in [6, 6.07) is 7.92. The molecule has 3 N–H and O–H groups in total. The number of benzene rings is 1. The predicted octanol–water partition coefficient (Wildman–Crippen LogP) is 3.92. The third kappa shape index (κ3) is 4.39. The molecule has 0 saturated heterocycles. The van der Waals surface area contributed by atoms with Crippen molar-refractivity contribution in [2.75, 3.05) is 5.32 Å². The van der Waals surface area contributed by atoms with Gasteiger partial charge in [0.05, 0.1) is 5.69 Å². The van der Waals surface area contributed by atoms with E-state index in [1.165, 1.54) is 12.1 Å². The molecule has 0 fully saturated rings. The van der Waals surface area contributed by atoms with Gasteiger partial charge in [0.1, 0.15) is 5.82 Å². The van der Waals surface area contributed by atoms with Crippen molar-refractivity contribution in [2.24, 2.45) is 5.73 Å². The van der Waals surface area contributed by atoms with Crippen molar-refractivity contribution in [1.29, 1.82) is 0 Å². The molecular weight excluding hydrogens is 345 g/mol. The molecule has 2 aromatic rings. The van der Waals surface area contributed by atoms with Crippen molar-refractivity contribution in [3.05, 3.63) is 60.2 Å². The van der Waals surface area contributed by atoms with Crippen LogP contribution in [0.3, 0.4) is 0 Å². The topological polar surface area (TPSA) is 85.1 Å². The van der Waals surface area contributed by atoms with Gasteiger partial charge in [-0.3, -0.25) is 14.6 Å². The smallest absolute Gasteiger partial charge is 0.244 e. The second-order valence-electron chi connectivity index (χ2n) is 6.75. The molecule has 1 aromatic heterocycles. The van der Waals surface area contributed by atoms with Crippen molar-refractivity contribution in [1.82, 2.24) is 4.98 Å². The quantitative estimate of drug-likeness (QED) is 0.789. The Bertz CT molecular complexity index is 895. The minimum absolute atomic E-state index is 0.145. The average molecular weight is 367 g/mol. The van der Waals surface area contributed by atoms with Gasteiger partial charge in [0.2, 0.25) is 11.8 Å². The highest BCUT2D eigenvalue weighted by Crippen LogP contribution is 2.34. The third-order valence-electron chi connectivity index (χ3n) is 4.84. The molecule has 5 nitrogen and oxygen atoms in total. The second kappa shape index (κ2) is 8.12. The van der Waals surface area contributed by atoms with Crippen LogP contribution in [0.1, 0.15) is 43.7 Å². The molecule has 0 spiro atoms. The van der Waals surface area contributed by atoms with E-state index >= 15 is 0 Å². The van der Waals surface area contributed by atoms with Crippen molar-refractivity contribution < 1.29 is 14.0 Å². The summed E-state index contributed by atoms with van der Waals surface area (Å²) in [6.45, 7) is 3.86. The lowest BCUT2D eigenvalue weighted by Gasteiger charge is -2.18. The Morgan fingerprint density at radius 3 is 2.81 bits per heavy atom. The molecule has 2 heterocycles. The second-order valence-corrected chi connectivity index (χ2v) is 6.75. The van der Waals surface area contributed by atoms with Gasteiger partial charge in [-0.05, 0) is 48.7 Å². The Morgan fingerprint density at radius 2 is 2.04 bits per heavy atom. The van der Waals surface area contributed by atoms with E-state index in [0.29, 0.717) is 41.8 Å². The molecule has 6 heteroatoms. The zero-order valence-electron chi connectivity index (χ0n) is 15.0. The van der Waals surface area contributed by atoms with Gasteiger partial charge in [-0.25, -0.2) is 4.39 Å². The highest BCUT2D eigenvalue weighted by molar-refractivity contribution is 5.95. The first-order valence-corrected chi connectivity index (χ1v) is 9.00. The summed E-state index contributed by atoms with van der Waals surface area (Å²) in [7, 11) is 0. The minimum atomic E-state index is -0.546. The maximum Gasteiger partial charge on any atom is 0.244 e. The fraction of sp³-hybridized carbons (Fsp3) is 0.286. The number of halogens is 1. The van der Waals surface area contributed by atoms with Crippen molar-refractivity contribution in [2.45, 2.75) is 38.0 Å². The fourth-order valence-corrected chi connectivity index (χ4v) is 3.37. The first kappa shape index (κ1) is 18.8. The van der Waals surface area contributed by atoms with Crippen LogP contribution in [0.2, 0.25) is 0 Å². The monoisotopic (exact) mass is 367 g/mol. The summed E-state index contributed by atoms with van der Waals surface area (Å²) in [5.74, 6) is -1.40. The maximum absolute atomic E-state index is 13.8. The zero-order valence-corrected chi connectivity index (χ0v) is 15.0. The van der Waals surface area contributed by atoms with Crippen LogP contribution in [0, 0.1) is 5.82 Å². The number of nitrogens with zero attached hydrogens (tertiary/aromatic N) is 1. The van der Waals surface area contributed by atoms with Crippen LogP contribution in [0.25, 0.3) is 11.1 Å². The highest BCUT2D eigenvalue weighted by Gasteiger charge is 2.22. The molecule has 140 valence electrons. The Labute approximate surface area is 157 Å². The van der Waals surface area contributed by atoms with Crippen LogP contribution < -0.4 is 11.1 Å². The van der Waals surface area contributed by atoms with E-state index in [-0.39, 0.29) is 11.8 Å². The van der Waals surface area contributed by atoms with Crippen LogP contribution >= 0.6 is 0 Å². The highest BCUT2D eigenvalue weighted by atomic mass is 19.1. The van der Waals surface area contributed by atoms with Crippen LogP contribution in [-0.2, 0) is 9.59 Å². The van der Waals surface area contributed by atoms with Gasteiger partial charge in [0, 0.05) is 35.4 Å². The number of carbonyl (C=O) groups excluding carboxylic acids is 2. The fourth-order valence-electron chi connectivity index (χ4n) is 3.37. The molecule has 1 aromatic carbocycles. The number of anilines is 1. The number of primary amides is 1.